The fourth-order valence-electron chi connectivity index (χ4n) is 2.83. The molecule has 0 aliphatic carbocycles. The molecule has 6 nitrogen and oxygen atoms in total. The number of amides is 1. The second-order valence-corrected chi connectivity index (χ2v) is 8.54. The van der Waals surface area contributed by atoms with Gasteiger partial charge in [0.1, 0.15) is 0 Å². The summed E-state index contributed by atoms with van der Waals surface area (Å²) >= 11 is 0. The van der Waals surface area contributed by atoms with Gasteiger partial charge in [0.25, 0.3) is 0 Å². The molecule has 146 valence electrons. The predicted octanol–water partition coefficient (Wildman–Crippen LogP) is 4.14. The van der Waals surface area contributed by atoms with Crippen molar-refractivity contribution in [1.82, 2.24) is 20.5 Å². The van der Waals surface area contributed by atoms with Crippen LogP contribution >= 0.6 is 0 Å². The summed E-state index contributed by atoms with van der Waals surface area (Å²) < 4.78 is 5.49. The molecule has 0 aliphatic heterocycles. The van der Waals surface area contributed by atoms with Crippen molar-refractivity contribution in [3.05, 3.63) is 65.8 Å². The maximum atomic E-state index is 12.4. The van der Waals surface area contributed by atoms with Crippen LogP contribution < -0.4 is 5.32 Å². The molecule has 3 rings (SSSR count). The van der Waals surface area contributed by atoms with Crippen LogP contribution in [-0.2, 0) is 10.8 Å². The minimum atomic E-state index is -0.382. The third-order valence-corrected chi connectivity index (χ3v) is 4.77. The zero-order chi connectivity index (χ0) is 20.4. The molecular weight excluding hydrogens is 352 g/mol. The molecule has 1 amide bonds. The van der Waals surface area contributed by atoms with Crippen molar-refractivity contribution in [2.45, 2.75) is 45.4 Å². The van der Waals surface area contributed by atoms with Gasteiger partial charge < -0.3 is 9.73 Å². The van der Waals surface area contributed by atoms with Gasteiger partial charge in [0.2, 0.25) is 5.89 Å². The van der Waals surface area contributed by atoms with E-state index >= 15 is 0 Å². The smallest absolute Gasteiger partial charge is 0.308 e. The van der Waals surface area contributed by atoms with Gasteiger partial charge in [-0.2, -0.15) is 0 Å². The molecular formula is C22H26N4O2. The van der Waals surface area contributed by atoms with Gasteiger partial charge in [-0.3, -0.25) is 9.78 Å². The van der Waals surface area contributed by atoms with Crippen LogP contribution in [0.2, 0.25) is 0 Å². The molecule has 0 saturated carbocycles. The van der Waals surface area contributed by atoms with Crippen LogP contribution in [-0.4, -0.2) is 27.6 Å². The molecule has 1 aromatic carbocycles. The van der Waals surface area contributed by atoms with Crippen LogP contribution in [0.3, 0.4) is 0 Å². The Hall–Kier alpha value is -3.02. The SMILES string of the molecule is CC(C)(C)c1ccc(C(C)(C)CNC(=O)c2nnc(-c3ccncc3)o2)cc1. The number of hydrogen-bond donors (Lipinski definition) is 1. The van der Waals surface area contributed by atoms with Crippen molar-refractivity contribution in [3.63, 3.8) is 0 Å². The van der Waals surface area contributed by atoms with E-state index in [-0.39, 0.29) is 22.6 Å². The van der Waals surface area contributed by atoms with Crippen LogP contribution in [0.4, 0.5) is 0 Å². The number of carbonyl (C=O) groups excluding carboxylic acids is 1. The largest absolute Gasteiger partial charge is 0.412 e. The number of aromatic nitrogens is 3. The van der Waals surface area contributed by atoms with Crippen molar-refractivity contribution in [1.29, 1.82) is 0 Å². The third-order valence-electron chi connectivity index (χ3n) is 4.77. The second-order valence-electron chi connectivity index (χ2n) is 8.54. The van der Waals surface area contributed by atoms with Crippen LogP contribution in [0.25, 0.3) is 11.5 Å². The summed E-state index contributed by atoms with van der Waals surface area (Å²) in [6.07, 6.45) is 3.26. The van der Waals surface area contributed by atoms with Gasteiger partial charge >= 0.3 is 11.8 Å². The molecule has 0 unspecified atom stereocenters. The standard InChI is InChI=1S/C22H26N4O2/c1-21(2,3)16-6-8-17(9-7-16)22(4,5)14-24-18(27)20-26-25-19(28-20)15-10-12-23-13-11-15/h6-13H,14H2,1-5H3,(H,24,27). The summed E-state index contributed by atoms with van der Waals surface area (Å²) in [5.41, 5.74) is 3.04. The van der Waals surface area contributed by atoms with Crippen LogP contribution in [0.5, 0.6) is 0 Å². The lowest BCUT2D eigenvalue weighted by molar-refractivity contribution is 0.0911. The lowest BCUT2D eigenvalue weighted by Gasteiger charge is -2.27. The summed E-state index contributed by atoms with van der Waals surface area (Å²) in [4.78, 5) is 16.4. The molecule has 0 atom stereocenters. The number of nitrogens with one attached hydrogen (secondary N) is 1. The van der Waals surface area contributed by atoms with Crippen molar-refractivity contribution in [2.75, 3.05) is 6.54 Å². The van der Waals surface area contributed by atoms with E-state index in [9.17, 15) is 4.79 Å². The van der Waals surface area contributed by atoms with Crippen LogP contribution in [0.15, 0.2) is 53.2 Å². The fourth-order valence-corrected chi connectivity index (χ4v) is 2.83. The molecule has 1 N–H and O–H groups in total. The molecule has 2 heterocycles. The number of benzene rings is 1. The first kappa shape index (κ1) is 19.7. The van der Waals surface area contributed by atoms with Crippen molar-refractivity contribution in [2.24, 2.45) is 0 Å². The molecule has 3 aromatic rings. The van der Waals surface area contributed by atoms with E-state index in [4.69, 9.17) is 4.42 Å². The zero-order valence-electron chi connectivity index (χ0n) is 17.0. The van der Waals surface area contributed by atoms with Crippen molar-refractivity contribution < 1.29 is 9.21 Å². The van der Waals surface area contributed by atoms with Gasteiger partial charge in [0.05, 0.1) is 0 Å². The monoisotopic (exact) mass is 378 g/mol. The fraction of sp³-hybridized carbons (Fsp3) is 0.364. The Kier molecular flexibility index (Phi) is 5.31. The first-order valence-electron chi connectivity index (χ1n) is 9.30. The summed E-state index contributed by atoms with van der Waals surface area (Å²) in [5, 5.41) is 10.7. The minimum absolute atomic E-state index is 0.0503. The Labute approximate surface area is 165 Å². The molecule has 28 heavy (non-hydrogen) atoms. The highest BCUT2D eigenvalue weighted by molar-refractivity contribution is 5.89. The Morgan fingerprint density at radius 2 is 1.54 bits per heavy atom. The second kappa shape index (κ2) is 7.54. The van der Waals surface area contributed by atoms with Crippen molar-refractivity contribution >= 4 is 5.91 Å². The highest BCUT2D eigenvalue weighted by atomic mass is 16.4. The molecule has 0 bridgehead atoms. The summed E-state index contributed by atoms with van der Waals surface area (Å²) in [6, 6.07) is 12.1. The van der Waals surface area contributed by atoms with Crippen LogP contribution in [0, 0.1) is 0 Å². The molecule has 0 radical (unpaired) electrons. The van der Waals surface area contributed by atoms with Gasteiger partial charge in [-0.1, -0.05) is 58.9 Å². The summed E-state index contributed by atoms with van der Waals surface area (Å²) in [5.74, 6) is -0.137. The molecule has 0 fully saturated rings. The van der Waals surface area contributed by atoms with E-state index in [1.807, 2.05) is 0 Å². The van der Waals surface area contributed by atoms with Gasteiger partial charge in [0.15, 0.2) is 0 Å². The van der Waals surface area contributed by atoms with E-state index in [2.05, 4.69) is 79.4 Å². The Balaban J connectivity index is 1.66. The van der Waals surface area contributed by atoms with Crippen molar-refractivity contribution in [3.8, 4) is 11.5 Å². The quantitative estimate of drug-likeness (QED) is 0.722. The highest BCUT2D eigenvalue weighted by Gasteiger charge is 2.24. The minimum Gasteiger partial charge on any atom is -0.412 e. The number of nitrogens with zero attached hydrogens (tertiary/aromatic N) is 3. The molecule has 0 spiro atoms. The molecule has 2 aromatic heterocycles. The predicted molar refractivity (Wildman–Crippen MR) is 108 cm³/mol. The topological polar surface area (TPSA) is 80.9 Å². The van der Waals surface area contributed by atoms with E-state index in [1.54, 1.807) is 24.5 Å². The third kappa shape index (κ3) is 4.44. The van der Waals surface area contributed by atoms with E-state index in [0.29, 0.717) is 12.4 Å². The van der Waals surface area contributed by atoms with E-state index < -0.39 is 0 Å². The summed E-state index contributed by atoms with van der Waals surface area (Å²) in [6.45, 7) is 11.2. The average Bonchev–Trinajstić information content (AvgIpc) is 3.17. The van der Waals surface area contributed by atoms with Gasteiger partial charge in [-0.05, 0) is 28.7 Å². The number of carbonyl (C=O) groups is 1. The van der Waals surface area contributed by atoms with E-state index in [1.165, 1.54) is 5.56 Å². The number of rotatable bonds is 5. The number of pyridine rings is 1. The van der Waals surface area contributed by atoms with Gasteiger partial charge in [-0.15, -0.1) is 10.2 Å². The lowest BCUT2D eigenvalue weighted by Crippen LogP contribution is -2.36. The van der Waals surface area contributed by atoms with E-state index in [0.717, 1.165) is 11.1 Å². The molecule has 0 aliphatic rings. The van der Waals surface area contributed by atoms with Gasteiger partial charge in [0, 0.05) is 29.9 Å². The first-order chi connectivity index (χ1) is 13.2. The normalized spacial score (nSPS) is 12.0. The highest BCUT2D eigenvalue weighted by Crippen LogP contribution is 2.27. The first-order valence-corrected chi connectivity index (χ1v) is 9.30. The Morgan fingerprint density at radius 1 is 0.929 bits per heavy atom. The average molecular weight is 378 g/mol. The zero-order valence-corrected chi connectivity index (χ0v) is 17.0. The summed E-state index contributed by atoms with van der Waals surface area (Å²) in [7, 11) is 0. The lowest BCUT2D eigenvalue weighted by atomic mass is 9.81. The Bertz CT molecular complexity index is 939. The maximum absolute atomic E-state index is 12.4. The molecule has 0 saturated heterocycles. The maximum Gasteiger partial charge on any atom is 0.308 e. The number of hydrogen-bond acceptors (Lipinski definition) is 5. The van der Waals surface area contributed by atoms with Gasteiger partial charge in [-0.25, -0.2) is 0 Å². The molecule has 6 heteroatoms. The Morgan fingerprint density at radius 3 is 2.14 bits per heavy atom. The van der Waals surface area contributed by atoms with Crippen LogP contribution in [0.1, 0.15) is 56.4 Å².